The summed E-state index contributed by atoms with van der Waals surface area (Å²) in [7, 11) is 1.55. The molecule has 9 nitrogen and oxygen atoms in total. The lowest BCUT2D eigenvalue weighted by molar-refractivity contribution is 0.0946. The predicted octanol–water partition coefficient (Wildman–Crippen LogP) is 2.34. The molecule has 0 saturated heterocycles. The third-order valence-corrected chi connectivity index (χ3v) is 3.38. The van der Waals surface area contributed by atoms with E-state index in [2.05, 4.69) is 25.5 Å². The van der Waals surface area contributed by atoms with Gasteiger partial charge in [0.15, 0.2) is 0 Å². The number of methoxy groups -OCH3 is 1. The first kappa shape index (κ1) is 16.5. The van der Waals surface area contributed by atoms with E-state index >= 15 is 0 Å². The van der Waals surface area contributed by atoms with Gasteiger partial charge in [-0.2, -0.15) is 5.10 Å². The highest BCUT2D eigenvalue weighted by atomic mass is 35.5. The van der Waals surface area contributed by atoms with E-state index in [0.717, 1.165) is 0 Å². The fourth-order valence-electron chi connectivity index (χ4n) is 2.00. The van der Waals surface area contributed by atoms with Gasteiger partial charge in [0.2, 0.25) is 11.5 Å². The molecular formula is C15H12ClN5O4. The fraction of sp³-hybridized carbons (Fsp3) is 0.0667. The van der Waals surface area contributed by atoms with Crippen molar-refractivity contribution < 1.29 is 18.6 Å². The standard InChI is InChI=1S/C15H12ClN5O4/c1-23-11-4-2-8(16)6-10(11)12-5-3-9(24-12)7-18-19-15(22)13-14(17)21-25-20-13/h2-7H,1H3,(H2,17,21)(H,19,22)/b18-7+. The van der Waals surface area contributed by atoms with E-state index in [4.69, 9.17) is 26.5 Å². The molecule has 0 unspecified atom stereocenters. The fourth-order valence-corrected chi connectivity index (χ4v) is 2.17. The zero-order valence-electron chi connectivity index (χ0n) is 12.9. The van der Waals surface area contributed by atoms with Crippen molar-refractivity contribution in [3.63, 3.8) is 0 Å². The van der Waals surface area contributed by atoms with Crippen molar-refractivity contribution in [1.82, 2.24) is 15.7 Å². The van der Waals surface area contributed by atoms with Crippen LogP contribution >= 0.6 is 11.6 Å². The van der Waals surface area contributed by atoms with Crippen LogP contribution in [0.3, 0.4) is 0 Å². The number of furan rings is 1. The molecule has 1 aromatic carbocycles. The highest BCUT2D eigenvalue weighted by molar-refractivity contribution is 6.30. The van der Waals surface area contributed by atoms with Gasteiger partial charge in [0.1, 0.15) is 17.3 Å². The minimum absolute atomic E-state index is 0.124. The molecule has 1 amide bonds. The topological polar surface area (TPSA) is 129 Å². The minimum atomic E-state index is -0.654. The highest BCUT2D eigenvalue weighted by Crippen LogP contribution is 2.33. The van der Waals surface area contributed by atoms with E-state index < -0.39 is 5.91 Å². The molecule has 128 valence electrons. The van der Waals surface area contributed by atoms with Crippen LogP contribution in [0.2, 0.25) is 5.02 Å². The van der Waals surface area contributed by atoms with E-state index in [0.29, 0.717) is 27.9 Å². The lowest BCUT2D eigenvalue weighted by Crippen LogP contribution is -2.19. The summed E-state index contributed by atoms with van der Waals surface area (Å²) in [6, 6.07) is 8.59. The highest BCUT2D eigenvalue weighted by Gasteiger charge is 2.15. The Labute approximate surface area is 146 Å². The minimum Gasteiger partial charge on any atom is -0.496 e. The van der Waals surface area contributed by atoms with Gasteiger partial charge < -0.3 is 14.9 Å². The van der Waals surface area contributed by atoms with Crippen LogP contribution in [0.5, 0.6) is 5.75 Å². The summed E-state index contributed by atoms with van der Waals surface area (Å²) >= 11 is 6.01. The lowest BCUT2D eigenvalue weighted by Gasteiger charge is -2.06. The Kier molecular flexibility index (Phi) is 4.66. The number of carbonyl (C=O) groups excluding carboxylic acids is 1. The normalized spacial score (nSPS) is 11.0. The van der Waals surface area contributed by atoms with Crippen molar-refractivity contribution in [1.29, 1.82) is 0 Å². The third kappa shape index (κ3) is 3.61. The second kappa shape index (κ2) is 7.05. The average Bonchev–Trinajstić information content (AvgIpc) is 3.23. The van der Waals surface area contributed by atoms with E-state index in [1.54, 1.807) is 37.4 Å². The summed E-state index contributed by atoms with van der Waals surface area (Å²) in [5.74, 6) is 0.782. The molecule has 25 heavy (non-hydrogen) atoms. The Morgan fingerprint density at radius 2 is 2.20 bits per heavy atom. The SMILES string of the molecule is COc1ccc(Cl)cc1-c1ccc(/C=N/NC(=O)c2nonc2N)o1. The van der Waals surface area contributed by atoms with Gasteiger partial charge in [0.25, 0.3) is 5.91 Å². The summed E-state index contributed by atoms with van der Waals surface area (Å²) in [6.45, 7) is 0. The summed E-state index contributed by atoms with van der Waals surface area (Å²) < 4.78 is 15.3. The number of ether oxygens (including phenoxy) is 1. The Hall–Kier alpha value is -3.33. The Bertz CT molecular complexity index is 934. The molecule has 0 saturated carbocycles. The summed E-state index contributed by atoms with van der Waals surface area (Å²) in [6.07, 6.45) is 1.32. The number of carbonyl (C=O) groups is 1. The van der Waals surface area contributed by atoms with Crippen LogP contribution in [-0.4, -0.2) is 29.5 Å². The molecule has 2 heterocycles. The van der Waals surface area contributed by atoms with Crippen LogP contribution in [-0.2, 0) is 0 Å². The molecule has 0 fully saturated rings. The molecule has 3 N–H and O–H groups in total. The first-order valence-electron chi connectivity index (χ1n) is 6.93. The van der Waals surface area contributed by atoms with Gasteiger partial charge >= 0.3 is 0 Å². The molecule has 0 atom stereocenters. The molecule has 3 aromatic rings. The number of rotatable bonds is 5. The maximum Gasteiger partial charge on any atom is 0.297 e. The van der Waals surface area contributed by atoms with Crippen molar-refractivity contribution >= 4 is 29.5 Å². The summed E-state index contributed by atoms with van der Waals surface area (Å²) in [5.41, 5.74) is 8.19. The summed E-state index contributed by atoms with van der Waals surface area (Å²) in [4.78, 5) is 11.7. The van der Waals surface area contributed by atoms with E-state index in [-0.39, 0.29) is 11.5 Å². The van der Waals surface area contributed by atoms with Crippen LogP contribution in [0.25, 0.3) is 11.3 Å². The number of nitrogens with two attached hydrogens (primary N) is 1. The van der Waals surface area contributed by atoms with Gasteiger partial charge in [0.05, 0.1) is 18.9 Å². The number of amides is 1. The monoisotopic (exact) mass is 361 g/mol. The number of nitrogen functional groups attached to an aromatic ring is 1. The zero-order chi connectivity index (χ0) is 17.8. The van der Waals surface area contributed by atoms with E-state index in [9.17, 15) is 4.79 Å². The molecule has 0 radical (unpaired) electrons. The average molecular weight is 362 g/mol. The van der Waals surface area contributed by atoms with Gasteiger partial charge in [0, 0.05) is 5.02 Å². The van der Waals surface area contributed by atoms with Crippen LogP contribution < -0.4 is 15.9 Å². The second-order valence-corrected chi connectivity index (χ2v) is 5.18. The van der Waals surface area contributed by atoms with Gasteiger partial charge in [-0.25, -0.2) is 10.1 Å². The number of hydrazone groups is 1. The largest absolute Gasteiger partial charge is 0.496 e. The number of aromatic nitrogens is 2. The Balaban J connectivity index is 1.73. The van der Waals surface area contributed by atoms with Crippen LogP contribution in [0.1, 0.15) is 16.2 Å². The number of halogens is 1. The quantitative estimate of drug-likeness (QED) is 0.527. The van der Waals surface area contributed by atoms with Crippen LogP contribution in [0.15, 0.2) is 44.5 Å². The van der Waals surface area contributed by atoms with Crippen LogP contribution in [0, 0.1) is 0 Å². The molecule has 0 aliphatic carbocycles. The maximum atomic E-state index is 11.7. The smallest absolute Gasteiger partial charge is 0.297 e. The maximum absolute atomic E-state index is 11.7. The van der Waals surface area contributed by atoms with Gasteiger partial charge in [-0.3, -0.25) is 4.79 Å². The number of nitrogens with zero attached hydrogens (tertiary/aromatic N) is 3. The van der Waals surface area contributed by atoms with Gasteiger partial charge in [-0.1, -0.05) is 11.6 Å². The number of benzene rings is 1. The molecule has 0 bridgehead atoms. The lowest BCUT2D eigenvalue weighted by atomic mass is 10.1. The van der Waals surface area contributed by atoms with E-state index in [1.165, 1.54) is 6.21 Å². The zero-order valence-corrected chi connectivity index (χ0v) is 13.6. The van der Waals surface area contributed by atoms with Crippen molar-refractivity contribution in [2.45, 2.75) is 0 Å². The van der Waals surface area contributed by atoms with Gasteiger partial charge in [-0.05, 0) is 40.6 Å². The number of hydrogen-bond acceptors (Lipinski definition) is 8. The Morgan fingerprint density at radius 1 is 1.36 bits per heavy atom. The second-order valence-electron chi connectivity index (χ2n) is 4.74. The van der Waals surface area contributed by atoms with Crippen LogP contribution in [0.4, 0.5) is 5.82 Å². The Morgan fingerprint density at radius 3 is 2.92 bits per heavy atom. The first-order chi connectivity index (χ1) is 12.1. The van der Waals surface area contributed by atoms with E-state index in [1.807, 2.05) is 0 Å². The first-order valence-corrected chi connectivity index (χ1v) is 7.31. The molecule has 0 spiro atoms. The number of hydrogen-bond donors (Lipinski definition) is 2. The van der Waals surface area contributed by atoms with Gasteiger partial charge in [-0.15, -0.1) is 0 Å². The molecule has 3 rings (SSSR count). The van der Waals surface area contributed by atoms with Crippen molar-refractivity contribution in [2.75, 3.05) is 12.8 Å². The van der Waals surface area contributed by atoms with Crippen molar-refractivity contribution in [2.24, 2.45) is 5.10 Å². The summed E-state index contributed by atoms with van der Waals surface area (Å²) in [5, 5.41) is 11.0. The molecule has 0 aliphatic rings. The predicted molar refractivity (Wildman–Crippen MR) is 89.5 cm³/mol. The molecule has 10 heteroatoms. The van der Waals surface area contributed by atoms with Crippen molar-refractivity contribution in [3.8, 4) is 17.1 Å². The molecular weight excluding hydrogens is 350 g/mol. The number of anilines is 1. The molecule has 0 aliphatic heterocycles. The van der Waals surface area contributed by atoms with Crippen molar-refractivity contribution in [3.05, 3.63) is 46.8 Å². The third-order valence-electron chi connectivity index (χ3n) is 3.14. The molecule has 2 aromatic heterocycles. The number of nitrogens with one attached hydrogen (secondary N) is 1.